The van der Waals surface area contributed by atoms with E-state index in [2.05, 4.69) is 15.3 Å². The van der Waals surface area contributed by atoms with Crippen LogP contribution in [0, 0.1) is 0 Å². The van der Waals surface area contributed by atoms with Gasteiger partial charge in [0, 0.05) is 17.5 Å². The van der Waals surface area contributed by atoms with E-state index in [9.17, 15) is 4.79 Å². The Kier molecular flexibility index (Phi) is 5.01. The molecule has 0 aliphatic heterocycles. The number of nitrogens with zero attached hydrogens (tertiary/aromatic N) is 1. The molecule has 0 amide bonds. The molecule has 0 atom stereocenters. The molecule has 1 aromatic carbocycles. The Balaban J connectivity index is 2.11. The van der Waals surface area contributed by atoms with E-state index < -0.39 is 0 Å². The van der Waals surface area contributed by atoms with E-state index in [0.717, 1.165) is 10.6 Å². The Bertz CT molecular complexity index is 615. The van der Waals surface area contributed by atoms with Crippen LogP contribution in [0.2, 0.25) is 5.02 Å². The highest BCUT2D eigenvalue weighted by atomic mass is 35.5. The second-order valence-corrected chi connectivity index (χ2v) is 5.36. The van der Waals surface area contributed by atoms with E-state index in [0.29, 0.717) is 23.1 Å². The van der Waals surface area contributed by atoms with E-state index in [1.807, 2.05) is 31.3 Å². The van der Waals surface area contributed by atoms with E-state index in [-0.39, 0.29) is 5.56 Å². The van der Waals surface area contributed by atoms with Crippen molar-refractivity contribution in [1.29, 1.82) is 0 Å². The van der Waals surface area contributed by atoms with Crippen molar-refractivity contribution < 1.29 is 0 Å². The van der Waals surface area contributed by atoms with Crippen LogP contribution in [-0.4, -0.2) is 17.0 Å². The molecule has 0 bridgehead atoms. The van der Waals surface area contributed by atoms with Crippen LogP contribution in [0.15, 0.2) is 40.0 Å². The Morgan fingerprint density at radius 3 is 2.95 bits per heavy atom. The fourth-order valence-electron chi connectivity index (χ4n) is 1.61. The van der Waals surface area contributed by atoms with Gasteiger partial charge in [0.1, 0.15) is 5.82 Å². The maximum absolute atomic E-state index is 11.5. The molecule has 0 aliphatic carbocycles. The molecule has 2 aromatic rings. The zero-order chi connectivity index (χ0) is 13.7. The zero-order valence-electron chi connectivity index (χ0n) is 10.4. The molecular formula is C13H14ClN3OS. The summed E-state index contributed by atoms with van der Waals surface area (Å²) in [6.45, 7) is 0.577. The van der Waals surface area contributed by atoms with Gasteiger partial charge in [0.15, 0.2) is 0 Å². The van der Waals surface area contributed by atoms with Crippen molar-refractivity contribution in [1.82, 2.24) is 15.3 Å². The minimum atomic E-state index is -0.130. The lowest BCUT2D eigenvalue weighted by atomic mass is 10.4. The predicted molar refractivity (Wildman–Crippen MR) is 78.6 cm³/mol. The average molecular weight is 296 g/mol. The van der Waals surface area contributed by atoms with Crippen molar-refractivity contribution in [2.75, 3.05) is 7.05 Å². The van der Waals surface area contributed by atoms with Gasteiger partial charge < -0.3 is 10.3 Å². The molecule has 0 unspecified atom stereocenters. The first kappa shape index (κ1) is 14.1. The third-order valence-electron chi connectivity index (χ3n) is 2.40. The Morgan fingerprint density at radius 1 is 1.42 bits per heavy atom. The van der Waals surface area contributed by atoms with Gasteiger partial charge in [0.2, 0.25) is 0 Å². The van der Waals surface area contributed by atoms with Gasteiger partial charge >= 0.3 is 0 Å². The fraction of sp³-hybridized carbons (Fsp3) is 0.231. The minimum absolute atomic E-state index is 0.130. The topological polar surface area (TPSA) is 57.8 Å². The number of H-pyrrole nitrogens is 1. The summed E-state index contributed by atoms with van der Waals surface area (Å²) in [6.07, 6.45) is 0. The monoisotopic (exact) mass is 295 g/mol. The number of aromatic amines is 1. The molecule has 1 aromatic heterocycles. The standard InChI is InChI=1S/C13H14ClN3OS/c1-15-7-9-6-13(18)17-12(16-9)8-19-11-5-3-2-4-10(11)14/h2-6,15H,7-8H2,1H3,(H,16,17,18). The predicted octanol–water partition coefficient (Wildman–Crippen LogP) is 2.44. The summed E-state index contributed by atoms with van der Waals surface area (Å²) in [5, 5.41) is 3.69. The molecule has 6 heteroatoms. The van der Waals surface area contributed by atoms with Crippen LogP contribution in [-0.2, 0) is 12.3 Å². The van der Waals surface area contributed by atoms with Gasteiger partial charge in [-0.05, 0) is 19.2 Å². The van der Waals surface area contributed by atoms with E-state index >= 15 is 0 Å². The number of aromatic nitrogens is 2. The lowest BCUT2D eigenvalue weighted by molar-refractivity contribution is 0.773. The molecule has 19 heavy (non-hydrogen) atoms. The molecule has 0 saturated carbocycles. The molecule has 2 N–H and O–H groups in total. The number of nitrogens with one attached hydrogen (secondary N) is 2. The Morgan fingerprint density at radius 2 is 2.21 bits per heavy atom. The van der Waals surface area contributed by atoms with Gasteiger partial charge in [0.05, 0.1) is 16.5 Å². The summed E-state index contributed by atoms with van der Waals surface area (Å²) in [6, 6.07) is 9.11. The maximum Gasteiger partial charge on any atom is 0.251 e. The van der Waals surface area contributed by atoms with Crippen molar-refractivity contribution in [3.63, 3.8) is 0 Å². The van der Waals surface area contributed by atoms with Crippen molar-refractivity contribution >= 4 is 23.4 Å². The van der Waals surface area contributed by atoms with Gasteiger partial charge in [-0.2, -0.15) is 0 Å². The molecule has 4 nitrogen and oxygen atoms in total. The number of halogens is 1. The Labute approximate surface area is 120 Å². The molecule has 1 heterocycles. The van der Waals surface area contributed by atoms with Crippen LogP contribution in [0.4, 0.5) is 0 Å². The summed E-state index contributed by atoms with van der Waals surface area (Å²) in [5.74, 6) is 1.24. The first-order chi connectivity index (χ1) is 9.19. The van der Waals surface area contributed by atoms with Crippen molar-refractivity contribution in [3.05, 3.63) is 57.2 Å². The third-order valence-corrected chi connectivity index (χ3v) is 3.93. The number of rotatable bonds is 5. The molecular weight excluding hydrogens is 282 g/mol. The molecule has 0 aliphatic rings. The van der Waals surface area contributed by atoms with Crippen LogP contribution >= 0.6 is 23.4 Å². The van der Waals surface area contributed by atoms with Crippen LogP contribution in [0.25, 0.3) is 0 Å². The first-order valence-electron chi connectivity index (χ1n) is 5.80. The van der Waals surface area contributed by atoms with Crippen LogP contribution < -0.4 is 10.9 Å². The third kappa shape index (κ3) is 4.09. The highest BCUT2D eigenvalue weighted by Gasteiger charge is 2.04. The van der Waals surface area contributed by atoms with Crippen LogP contribution in [0.5, 0.6) is 0 Å². The van der Waals surface area contributed by atoms with Crippen LogP contribution in [0.1, 0.15) is 11.5 Å². The minimum Gasteiger partial charge on any atom is -0.314 e. The SMILES string of the molecule is CNCc1cc(=O)[nH]c(CSc2ccccc2Cl)n1. The summed E-state index contributed by atoms with van der Waals surface area (Å²) in [4.78, 5) is 19.6. The highest BCUT2D eigenvalue weighted by Crippen LogP contribution is 2.28. The zero-order valence-corrected chi connectivity index (χ0v) is 12.0. The summed E-state index contributed by atoms with van der Waals surface area (Å²) >= 11 is 7.63. The van der Waals surface area contributed by atoms with Gasteiger partial charge in [0.25, 0.3) is 5.56 Å². The Hall–Kier alpha value is -1.30. The van der Waals surface area contributed by atoms with Crippen molar-refractivity contribution in [2.24, 2.45) is 0 Å². The molecule has 0 radical (unpaired) electrons. The lowest BCUT2D eigenvalue weighted by Gasteiger charge is -2.05. The first-order valence-corrected chi connectivity index (χ1v) is 7.16. The lowest BCUT2D eigenvalue weighted by Crippen LogP contribution is -2.16. The van der Waals surface area contributed by atoms with E-state index in [4.69, 9.17) is 11.6 Å². The maximum atomic E-state index is 11.5. The smallest absolute Gasteiger partial charge is 0.251 e. The fourth-order valence-corrected chi connectivity index (χ4v) is 2.72. The molecule has 0 fully saturated rings. The molecule has 100 valence electrons. The van der Waals surface area contributed by atoms with Crippen molar-refractivity contribution in [3.8, 4) is 0 Å². The molecule has 0 saturated heterocycles. The number of benzene rings is 1. The summed E-state index contributed by atoms with van der Waals surface area (Å²) in [7, 11) is 1.82. The van der Waals surface area contributed by atoms with Crippen LogP contribution in [0.3, 0.4) is 0 Å². The second-order valence-electron chi connectivity index (χ2n) is 3.93. The van der Waals surface area contributed by atoms with E-state index in [1.165, 1.54) is 6.07 Å². The quantitative estimate of drug-likeness (QED) is 0.832. The second kappa shape index (κ2) is 6.75. The highest BCUT2D eigenvalue weighted by molar-refractivity contribution is 7.98. The van der Waals surface area contributed by atoms with Gasteiger partial charge in [-0.1, -0.05) is 23.7 Å². The van der Waals surface area contributed by atoms with Crippen molar-refractivity contribution in [2.45, 2.75) is 17.2 Å². The van der Waals surface area contributed by atoms with Gasteiger partial charge in [-0.25, -0.2) is 4.98 Å². The average Bonchev–Trinajstić information content (AvgIpc) is 2.37. The van der Waals surface area contributed by atoms with Gasteiger partial charge in [-0.3, -0.25) is 4.79 Å². The summed E-state index contributed by atoms with van der Waals surface area (Å²) < 4.78 is 0. The molecule has 2 rings (SSSR count). The normalized spacial score (nSPS) is 10.6. The number of hydrogen-bond acceptors (Lipinski definition) is 4. The number of hydrogen-bond donors (Lipinski definition) is 2. The number of thioether (sulfide) groups is 1. The summed E-state index contributed by atoms with van der Waals surface area (Å²) in [5.41, 5.74) is 0.607. The van der Waals surface area contributed by atoms with Gasteiger partial charge in [-0.15, -0.1) is 11.8 Å². The van der Waals surface area contributed by atoms with E-state index in [1.54, 1.807) is 11.8 Å². The largest absolute Gasteiger partial charge is 0.314 e. The molecule has 0 spiro atoms.